The molecule has 4 aromatic rings. The first-order valence-electron chi connectivity index (χ1n) is 13.9. The minimum Gasteiger partial charge on any atom is -0.380 e. The van der Waals surface area contributed by atoms with E-state index in [4.69, 9.17) is 26.3 Å². The van der Waals surface area contributed by atoms with Gasteiger partial charge in [0.2, 0.25) is 5.95 Å². The highest BCUT2D eigenvalue weighted by Crippen LogP contribution is 2.39. The van der Waals surface area contributed by atoms with Crippen molar-refractivity contribution in [3.63, 3.8) is 0 Å². The van der Waals surface area contributed by atoms with Crippen molar-refractivity contribution in [2.24, 2.45) is 11.8 Å². The molecule has 1 aliphatic carbocycles. The maximum atomic E-state index is 11.9. The molecule has 5 heterocycles. The SMILES string of the molecule is COC(C)C1CCCN1c1nc2cc(-c3n[nH]c(=O)[nH]3)nc(-c3cncc(Cl)c3)c2n1CC1CCC(C)CC1. The van der Waals surface area contributed by atoms with Crippen LogP contribution in [0.15, 0.2) is 29.3 Å². The summed E-state index contributed by atoms with van der Waals surface area (Å²) in [5, 5.41) is 7.11. The molecular weight excluding hydrogens is 516 g/mol. The normalized spacial score (nSPS) is 22.6. The molecule has 206 valence electrons. The molecule has 1 saturated carbocycles. The summed E-state index contributed by atoms with van der Waals surface area (Å²) in [6.45, 7) is 6.27. The van der Waals surface area contributed by atoms with Crippen molar-refractivity contribution < 1.29 is 4.74 Å². The Kier molecular flexibility index (Phi) is 7.16. The van der Waals surface area contributed by atoms with Gasteiger partial charge in [-0.15, -0.1) is 0 Å². The number of pyridine rings is 2. The van der Waals surface area contributed by atoms with E-state index in [1.807, 2.05) is 12.1 Å². The smallest absolute Gasteiger partial charge is 0.340 e. The van der Waals surface area contributed by atoms with E-state index in [1.54, 1.807) is 19.5 Å². The van der Waals surface area contributed by atoms with Gasteiger partial charge >= 0.3 is 5.69 Å². The second kappa shape index (κ2) is 10.7. The van der Waals surface area contributed by atoms with E-state index in [1.165, 1.54) is 25.7 Å². The van der Waals surface area contributed by atoms with Gasteiger partial charge in [-0.05, 0) is 56.6 Å². The van der Waals surface area contributed by atoms with Crippen LogP contribution in [-0.4, -0.2) is 60.5 Å². The molecule has 2 unspecified atom stereocenters. The second-order valence-electron chi connectivity index (χ2n) is 11.1. The number of H-pyrrole nitrogens is 2. The largest absolute Gasteiger partial charge is 0.380 e. The van der Waals surface area contributed by atoms with Crippen molar-refractivity contribution in [2.75, 3.05) is 18.6 Å². The number of hydrogen-bond donors (Lipinski definition) is 2. The first kappa shape index (κ1) is 26.0. The highest BCUT2D eigenvalue weighted by molar-refractivity contribution is 6.30. The van der Waals surface area contributed by atoms with E-state index in [-0.39, 0.29) is 17.8 Å². The summed E-state index contributed by atoms with van der Waals surface area (Å²) in [6, 6.07) is 4.03. The lowest BCUT2D eigenvalue weighted by atomic mass is 9.83. The molecule has 10 nitrogen and oxygen atoms in total. The third-order valence-electron chi connectivity index (χ3n) is 8.47. The number of rotatable bonds is 7. The van der Waals surface area contributed by atoms with Gasteiger partial charge in [0.1, 0.15) is 5.69 Å². The number of anilines is 1. The van der Waals surface area contributed by atoms with E-state index >= 15 is 0 Å². The molecule has 4 aromatic heterocycles. The quantitative estimate of drug-likeness (QED) is 0.330. The molecule has 0 spiro atoms. The minimum absolute atomic E-state index is 0.0794. The van der Waals surface area contributed by atoms with Gasteiger partial charge in [0.25, 0.3) is 0 Å². The fraction of sp³-hybridized carbons (Fsp3) is 0.536. The zero-order valence-electron chi connectivity index (χ0n) is 22.7. The van der Waals surface area contributed by atoms with Crippen molar-refractivity contribution in [2.45, 2.75) is 71.1 Å². The first-order chi connectivity index (χ1) is 18.9. The minimum atomic E-state index is -0.385. The van der Waals surface area contributed by atoms with Crippen LogP contribution in [0.1, 0.15) is 52.4 Å². The summed E-state index contributed by atoms with van der Waals surface area (Å²) < 4.78 is 8.16. The summed E-state index contributed by atoms with van der Waals surface area (Å²) >= 11 is 6.39. The average molecular weight is 551 g/mol. The molecule has 2 aliphatic rings. The lowest BCUT2D eigenvalue weighted by Crippen LogP contribution is -2.40. The van der Waals surface area contributed by atoms with Gasteiger partial charge in [-0.3, -0.25) is 9.97 Å². The molecule has 0 bridgehead atoms. The highest BCUT2D eigenvalue weighted by atomic mass is 35.5. The first-order valence-corrected chi connectivity index (χ1v) is 14.3. The molecular formula is C28H35ClN8O2. The Hall–Kier alpha value is -3.24. The maximum absolute atomic E-state index is 11.9. The molecule has 2 atom stereocenters. The van der Waals surface area contributed by atoms with Crippen molar-refractivity contribution in [3.05, 3.63) is 40.0 Å². The van der Waals surface area contributed by atoms with Crippen LogP contribution >= 0.6 is 11.6 Å². The van der Waals surface area contributed by atoms with E-state index in [0.29, 0.717) is 22.5 Å². The number of aromatic amines is 2. The van der Waals surface area contributed by atoms with Crippen LogP contribution in [0, 0.1) is 11.8 Å². The van der Waals surface area contributed by atoms with Gasteiger partial charge in [-0.25, -0.2) is 19.9 Å². The Morgan fingerprint density at radius 2 is 1.97 bits per heavy atom. The van der Waals surface area contributed by atoms with Crippen molar-refractivity contribution >= 4 is 28.6 Å². The maximum Gasteiger partial charge on any atom is 0.340 e. The molecule has 2 N–H and O–H groups in total. The third-order valence-corrected chi connectivity index (χ3v) is 8.68. The molecule has 39 heavy (non-hydrogen) atoms. The number of halogens is 1. The Morgan fingerprint density at radius 3 is 2.69 bits per heavy atom. The van der Waals surface area contributed by atoms with Crippen LogP contribution in [-0.2, 0) is 11.3 Å². The number of ether oxygens (including phenoxy) is 1. The fourth-order valence-corrected chi connectivity index (χ4v) is 6.42. The van der Waals surface area contributed by atoms with Crippen LogP contribution in [0.4, 0.5) is 5.95 Å². The van der Waals surface area contributed by atoms with Gasteiger partial charge < -0.3 is 14.2 Å². The van der Waals surface area contributed by atoms with E-state index in [2.05, 4.69) is 43.5 Å². The van der Waals surface area contributed by atoms with Crippen molar-refractivity contribution in [1.82, 2.24) is 34.7 Å². The summed E-state index contributed by atoms with van der Waals surface area (Å²) in [5.41, 5.74) is 3.41. The Morgan fingerprint density at radius 1 is 1.15 bits per heavy atom. The molecule has 0 amide bonds. The molecule has 11 heteroatoms. The summed E-state index contributed by atoms with van der Waals surface area (Å²) in [5.74, 6) is 2.65. The van der Waals surface area contributed by atoms with Gasteiger partial charge in [0.05, 0.1) is 33.9 Å². The van der Waals surface area contributed by atoms with Crippen LogP contribution in [0.5, 0.6) is 0 Å². The Labute approximate surface area is 232 Å². The lowest BCUT2D eigenvalue weighted by molar-refractivity contribution is 0.0960. The molecule has 1 aliphatic heterocycles. The van der Waals surface area contributed by atoms with Gasteiger partial charge in [-0.1, -0.05) is 31.4 Å². The molecule has 1 saturated heterocycles. The van der Waals surface area contributed by atoms with E-state index < -0.39 is 0 Å². The number of imidazole rings is 1. The predicted molar refractivity (Wildman–Crippen MR) is 152 cm³/mol. The van der Waals surface area contributed by atoms with Gasteiger partial charge in [0, 0.05) is 38.2 Å². The van der Waals surface area contributed by atoms with Crippen molar-refractivity contribution in [1.29, 1.82) is 0 Å². The number of methoxy groups -OCH3 is 1. The monoisotopic (exact) mass is 550 g/mol. The third kappa shape index (κ3) is 5.07. The predicted octanol–water partition coefficient (Wildman–Crippen LogP) is 5.06. The molecule has 6 rings (SSSR count). The zero-order chi connectivity index (χ0) is 27.1. The number of nitrogens with one attached hydrogen (secondary N) is 2. The number of hydrogen-bond acceptors (Lipinski definition) is 7. The van der Waals surface area contributed by atoms with Crippen molar-refractivity contribution in [3.8, 4) is 22.8 Å². The van der Waals surface area contributed by atoms with Crippen LogP contribution in [0.3, 0.4) is 0 Å². The fourth-order valence-electron chi connectivity index (χ4n) is 6.25. The number of aromatic nitrogens is 7. The zero-order valence-corrected chi connectivity index (χ0v) is 23.4. The lowest BCUT2D eigenvalue weighted by Gasteiger charge is -2.32. The summed E-state index contributed by atoms with van der Waals surface area (Å²) in [4.78, 5) is 31.6. The van der Waals surface area contributed by atoms with E-state index in [0.717, 1.165) is 60.1 Å². The topological polar surface area (TPSA) is 118 Å². The van der Waals surface area contributed by atoms with E-state index in [9.17, 15) is 4.79 Å². The summed E-state index contributed by atoms with van der Waals surface area (Å²) in [6.07, 6.45) is 10.5. The van der Waals surface area contributed by atoms with Gasteiger partial charge in [-0.2, -0.15) is 5.10 Å². The van der Waals surface area contributed by atoms with Gasteiger partial charge in [0.15, 0.2) is 5.82 Å². The molecule has 0 radical (unpaired) electrons. The Bertz CT molecular complexity index is 1520. The summed E-state index contributed by atoms with van der Waals surface area (Å²) in [7, 11) is 1.78. The highest BCUT2D eigenvalue weighted by Gasteiger charge is 2.34. The molecule has 2 fully saturated rings. The van der Waals surface area contributed by atoms with Crippen LogP contribution in [0.25, 0.3) is 33.8 Å². The number of fused-ring (bicyclic) bond motifs is 1. The average Bonchev–Trinajstić information content (AvgIpc) is 3.67. The molecule has 0 aromatic carbocycles. The van der Waals surface area contributed by atoms with Crippen LogP contribution in [0.2, 0.25) is 5.02 Å². The second-order valence-corrected chi connectivity index (χ2v) is 11.6. The van der Waals surface area contributed by atoms with Crippen LogP contribution < -0.4 is 10.6 Å². The standard InChI is InChI=1S/C28H35ClN8O2/c1-16-6-8-18(9-7-16)15-37-25-21(32-28(37)36-10-4-5-23(36)17(2)39-3)12-22(26-33-27(38)35-34-26)31-24(25)19-11-20(29)14-30-13-19/h11-14,16-18,23H,4-10,15H2,1-3H3,(H2,33,34,35,38). The Balaban J connectivity index is 1.57. The number of nitrogens with zero attached hydrogens (tertiary/aromatic N) is 6.